The molecule has 0 bridgehead atoms. The Morgan fingerprint density at radius 2 is 2.00 bits per heavy atom. The van der Waals surface area contributed by atoms with E-state index in [2.05, 4.69) is 29.6 Å². The summed E-state index contributed by atoms with van der Waals surface area (Å²) in [5, 5.41) is 3.47. The van der Waals surface area contributed by atoms with Crippen molar-refractivity contribution >= 4 is 0 Å². The van der Waals surface area contributed by atoms with Crippen LogP contribution in [0.4, 0.5) is 0 Å². The standard InChI is InChI=1S/C16H25NO2/c1-18-11-10-17-13-16(8-5-9-16)14-19-12-15-6-3-2-4-7-15/h2-4,6-7,17H,5,8-14H2,1H3. The summed E-state index contributed by atoms with van der Waals surface area (Å²) in [4.78, 5) is 0. The Balaban J connectivity index is 1.67. The number of benzene rings is 1. The highest BCUT2D eigenvalue weighted by atomic mass is 16.5. The second-order valence-electron chi connectivity index (χ2n) is 5.50. The fraction of sp³-hybridized carbons (Fsp3) is 0.625. The van der Waals surface area contributed by atoms with Gasteiger partial charge in [-0.2, -0.15) is 0 Å². The molecule has 1 aromatic rings. The lowest BCUT2D eigenvalue weighted by atomic mass is 9.69. The first kappa shape index (κ1) is 14.5. The molecule has 0 spiro atoms. The number of methoxy groups -OCH3 is 1. The topological polar surface area (TPSA) is 30.5 Å². The van der Waals surface area contributed by atoms with Gasteiger partial charge in [-0.25, -0.2) is 0 Å². The van der Waals surface area contributed by atoms with Crippen molar-refractivity contribution in [2.75, 3.05) is 33.4 Å². The van der Waals surface area contributed by atoms with Crippen LogP contribution in [0.2, 0.25) is 0 Å². The van der Waals surface area contributed by atoms with Gasteiger partial charge in [0.2, 0.25) is 0 Å². The summed E-state index contributed by atoms with van der Waals surface area (Å²) in [5.41, 5.74) is 1.62. The Hall–Kier alpha value is -0.900. The molecular formula is C16H25NO2. The SMILES string of the molecule is COCCNCC1(COCc2ccccc2)CCC1. The molecule has 0 heterocycles. The van der Waals surface area contributed by atoms with Crippen molar-refractivity contribution in [2.24, 2.45) is 5.41 Å². The average molecular weight is 263 g/mol. The number of rotatable bonds is 9. The molecule has 1 N–H and O–H groups in total. The summed E-state index contributed by atoms with van der Waals surface area (Å²) in [6.07, 6.45) is 3.89. The fourth-order valence-electron chi connectivity index (χ4n) is 2.54. The van der Waals surface area contributed by atoms with Gasteiger partial charge in [-0.05, 0) is 18.4 Å². The van der Waals surface area contributed by atoms with Gasteiger partial charge in [0.05, 0.1) is 19.8 Å². The summed E-state index contributed by atoms with van der Waals surface area (Å²) < 4.78 is 11.0. The predicted molar refractivity (Wildman–Crippen MR) is 77.1 cm³/mol. The number of hydrogen-bond donors (Lipinski definition) is 1. The van der Waals surface area contributed by atoms with Crippen LogP contribution in [0.5, 0.6) is 0 Å². The van der Waals surface area contributed by atoms with E-state index in [0.29, 0.717) is 5.41 Å². The van der Waals surface area contributed by atoms with Crippen LogP contribution < -0.4 is 5.32 Å². The minimum Gasteiger partial charge on any atom is -0.383 e. The predicted octanol–water partition coefficient (Wildman–Crippen LogP) is 2.61. The van der Waals surface area contributed by atoms with E-state index < -0.39 is 0 Å². The zero-order valence-electron chi connectivity index (χ0n) is 11.9. The Kier molecular flexibility index (Phi) is 5.83. The molecule has 0 radical (unpaired) electrons. The highest BCUT2D eigenvalue weighted by Crippen LogP contribution is 2.40. The summed E-state index contributed by atoms with van der Waals surface area (Å²) in [6, 6.07) is 10.4. The number of ether oxygens (including phenoxy) is 2. The van der Waals surface area contributed by atoms with Crippen molar-refractivity contribution in [3.63, 3.8) is 0 Å². The lowest BCUT2D eigenvalue weighted by Crippen LogP contribution is -2.44. The van der Waals surface area contributed by atoms with E-state index in [0.717, 1.165) is 32.9 Å². The van der Waals surface area contributed by atoms with Gasteiger partial charge >= 0.3 is 0 Å². The van der Waals surface area contributed by atoms with Crippen LogP contribution in [0.25, 0.3) is 0 Å². The third-order valence-corrected chi connectivity index (χ3v) is 3.92. The van der Waals surface area contributed by atoms with Gasteiger partial charge in [0.1, 0.15) is 0 Å². The molecule has 1 aliphatic rings. The van der Waals surface area contributed by atoms with Gasteiger partial charge in [-0.15, -0.1) is 0 Å². The first-order valence-corrected chi connectivity index (χ1v) is 7.16. The van der Waals surface area contributed by atoms with E-state index in [-0.39, 0.29) is 0 Å². The van der Waals surface area contributed by atoms with E-state index in [1.165, 1.54) is 24.8 Å². The molecule has 0 aliphatic heterocycles. The zero-order chi connectivity index (χ0) is 13.4. The summed E-state index contributed by atoms with van der Waals surface area (Å²) in [5.74, 6) is 0. The first-order valence-electron chi connectivity index (χ1n) is 7.16. The Bertz CT molecular complexity index is 349. The lowest BCUT2D eigenvalue weighted by molar-refractivity contribution is -0.0135. The molecule has 2 rings (SSSR count). The minimum absolute atomic E-state index is 0.364. The summed E-state index contributed by atoms with van der Waals surface area (Å²) in [6.45, 7) is 4.34. The molecule has 0 aromatic heterocycles. The zero-order valence-corrected chi connectivity index (χ0v) is 11.9. The van der Waals surface area contributed by atoms with Crippen LogP contribution >= 0.6 is 0 Å². The maximum Gasteiger partial charge on any atom is 0.0717 e. The third kappa shape index (κ3) is 4.60. The quantitative estimate of drug-likeness (QED) is 0.695. The maximum atomic E-state index is 5.91. The molecule has 1 fully saturated rings. The van der Waals surface area contributed by atoms with Crippen LogP contribution in [0.3, 0.4) is 0 Å². The summed E-state index contributed by atoms with van der Waals surface area (Å²) >= 11 is 0. The molecule has 0 atom stereocenters. The number of nitrogens with one attached hydrogen (secondary N) is 1. The van der Waals surface area contributed by atoms with E-state index in [1.807, 2.05) is 6.07 Å². The first-order chi connectivity index (χ1) is 9.35. The highest BCUT2D eigenvalue weighted by Gasteiger charge is 2.36. The van der Waals surface area contributed by atoms with Crippen molar-refractivity contribution in [3.8, 4) is 0 Å². The van der Waals surface area contributed by atoms with Crippen molar-refractivity contribution < 1.29 is 9.47 Å². The van der Waals surface area contributed by atoms with Crippen LogP contribution in [0.15, 0.2) is 30.3 Å². The molecular weight excluding hydrogens is 238 g/mol. The molecule has 0 unspecified atom stereocenters. The Labute approximate surface area is 116 Å². The molecule has 1 aliphatic carbocycles. The molecule has 0 amide bonds. The van der Waals surface area contributed by atoms with Gasteiger partial charge < -0.3 is 14.8 Å². The largest absolute Gasteiger partial charge is 0.383 e. The second-order valence-corrected chi connectivity index (χ2v) is 5.50. The third-order valence-electron chi connectivity index (χ3n) is 3.92. The van der Waals surface area contributed by atoms with E-state index in [1.54, 1.807) is 7.11 Å². The Morgan fingerprint density at radius 3 is 2.63 bits per heavy atom. The fourth-order valence-corrected chi connectivity index (χ4v) is 2.54. The van der Waals surface area contributed by atoms with E-state index in [9.17, 15) is 0 Å². The van der Waals surface area contributed by atoms with Gasteiger partial charge in [-0.1, -0.05) is 36.8 Å². The molecule has 19 heavy (non-hydrogen) atoms. The molecule has 1 saturated carbocycles. The second kappa shape index (κ2) is 7.63. The van der Waals surface area contributed by atoms with Gasteiger partial charge in [0.15, 0.2) is 0 Å². The monoisotopic (exact) mass is 263 g/mol. The van der Waals surface area contributed by atoms with Gasteiger partial charge in [0, 0.05) is 25.6 Å². The van der Waals surface area contributed by atoms with Crippen molar-refractivity contribution in [1.82, 2.24) is 5.32 Å². The smallest absolute Gasteiger partial charge is 0.0717 e. The van der Waals surface area contributed by atoms with E-state index in [4.69, 9.17) is 9.47 Å². The van der Waals surface area contributed by atoms with Crippen LogP contribution in [-0.4, -0.2) is 33.4 Å². The number of hydrogen-bond acceptors (Lipinski definition) is 3. The minimum atomic E-state index is 0.364. The molecule has 3 nitrogen and oxygen atoms in total. The van der Waals surface area contributed by atoms with Gasteiger partial charge in [0.25, 0.3) is 0 Å². The molecule has 0 saturated heterocycles. The average Bonchev–Trinajstić information content (AvgIpc) is 2.41. The van der Waals surface area contributed by atoms with Crippen molar-refractivity contribution in [2.45, 2.75) is 25.9 Å². The van der Waals surface area contributed by atoms with Crippen LogP contribution in [0.1, 0.15) is 24.8 Å². The highest BCUT2D eigenvalue weighted by molar-refractivity contribution is 5.13. The molecule has 1 aromatic carbocycles. The van der Waals surface area contributed by atoms with Crippen LogP contribution in [-0.2, 0) is 16.1 Å². The van der Waals surface area contributed by atoms with Crippen LogP contribution in [0, 0.1) is 5.41 Å². The van der Waals surface area contributed by atoms with E-state index >= 15 is 0 Å². The summed E-state index contributed by atoms with van der Waals surface area (Å²) in [7, 11) is 1.74. The normalized spacial score (nSPS) is 17.1. The lowest BCUT2D eigenvalue weighted by Gasteiger charge is -2.42. The Morgan fingerprint density at radius 1 is 1.21 bits per heavy atom. The van der Waals surface area contributed by atoms with Crippen molar-refractivity contribution in [3.05, 3.63) is 35.9 Å². The van der Waals surface area contributed by atoms with Gasteiger partial charge in [-0.3, -0.25) is 0 Å². The van der Waals surface area contributed by atoms with Crippen molar-refractivity contribution in [1.29, 1.82) is 0 Å². The maximum absolute atomic E-state index is 5.91. The molecule has 106 valence electrons. The molecule has 3 heteroatoms.